The molecule has 0 aliphatic carbocycles. The lowest BCUT2D eigenvalue weighted by molar-refractivity contribution is 0.0605. The first-order valence-electron chi connectivity index (χ1n) is 6.48. The maximum Gasteiger partial charge on any atom is 0.350 e. The number of amides is 1. The van der Waals surface area contributed by atoms with Crippen molar-refractivity contribution in [3.63, 3.8) is 0 Å². The highest BCUT2D eigenvalue weighted by Gasteiger charge is 2.19. The van der Waals surface area contributed by atoms with Gasteiger partial charge in [0.15, 0.2) is 5.13 Å². The van der Waals surface area contributed by atoms with Crippen molar-refractivity contribution in [2.24, 2.45) is 0 Å². The van der Waals surface area contributed by atoms with Crippen LogP contribution in [-0.4, -0.2) is 31.1 Å². The molecule has 0 fully saturated rings. The van der Waals surface area contributed by atoms with Gasteiger partial charge < -0.3 is 9.47 Å². The number of anilines is 1. The zero-order chi connectivity index (χ0) is 16.3. The van der Waals surface area contributed by atoms with Gasteiger partial charge in [-0.15, -0.1) is 0 Å². The smallest absolute Gasteiger partial charge is 0.350 e. The minimum Gasteiger partial charge on any atom is -0.496 e. The number of nitrogens with zero attached hydrogens (tertiary/aromatic N) is 1. The SMILES string of the molecule is COC(=O)c1sc(NC(=O)c2cc(C)ccc2OC)nc1C. The number of thiazole rings is 1. The van der Waals surface area contributed by atoms with Crippen molar-refractivity contribution in [1.29, 1.82) is 0 Å². The van der Waals surface area contributed by atoms with Gasteiger partial charge >= 0.3 is 5.97 Å². The molecule has 6 nitrogen and oxygen atoms in total. The molecule has 0 aliphatic heterocycles. The third kappa shape index (κ3) is 3.25. The molecule has 0 radical (unpaired) electrons. The Bertz CT molecular complexity index is 724. The summed E-state index contributed by atoms with van der Waals surface area (Å²) in [5.41, 5.74) is 1.87. The highest BCUT2D eigenvalue weighted by atomic mass is 32.1. The van der Waals surface area contributed by atoms with Gasteiger partial charge in [0.2, 0.25) is 0 Å². The number of rotatable bonds is 4. The van der Waals surface area contributed by atoms with Gasteiger partial charge in [-0.05, 0) is 26.0 Å². The number of hydrogen-bond donors (Lipinski definition) is 1. The van der Waals surface area contributed by atoms with E-state index in [1.165, 1.54) is 14.2 Å². The number of aromatic nitrogens is 1. The Balaban J connectivity index is 2.26. The van der Waals surface area contributed by atoms with E-state index < -0.39 is 5.97 Å². The molecular weight excluding hydrogens is 304 g/mol. The molecule has 2 aromatic rings. The predicted molar refractivity (Wildman–Crippen MR) is 83.9 cm³/mol. The zero-order valence-corrected chi connectivity index (χ0v) is 13.5. The Labute approximate surface area is 132 Å². The fraction of sp³-hybridized carbons (Fsp3) is 0.267. The second kappa shape index (κ2) is 6.57. The second-order valence-electron chi connectivity index (χ2n) is 4.58. The van der Waals surface area contributed by atoms with E-state index in [9.17, 15) is 9.59 Å². The average molecular weight is 320 g/mol. The van der Waals surface area contributed by atoms with Crippen LogP contribution >= 0.6 is 11.3 Å². The molecule has 1 amide bonds. The van der Waals surface area contributed by atoms with E-state index in [0.29, 0.717) is 27.0 Å². The van der Waals surface area contributed by atoms with Crippen molar-refractivity contribution in [2.45, 2.75) is 13.8 Å². The van der Waals surface area contributed by atoms with Gasteiger partial charge in [-0.2, -0.15) is 0 Å². The Morgan fingerprint density at radius 1 is 1.23 bits per heavy atom. The quantitative estimate of drug-likeness (QED) is 0.877. The van der Waals surface area contributed by atoms with Crippen LogP contribution in [0, 0.1) is 13.8 Å². The molecule has 1 heterocycles. The van der Waals surface area contributed by atoms with Crippen LogP contribution < -0.4 is 10.1 Å². The molecule has 0 saturated heterocycles. The van der Waals surface area contributed by atoms with Crippen molar-refractivity contribution in [2.75, 3.05) is 19.5 Å². The van der Waals surface area contributed by atoms with E-state index in [1.54, 1.807) is 19.1 Å². The minimum atomic E-state index is -0.469. The van der Waals surface area contributed by atoms with Crippen LogP contribution in [0.3, 0.4) is 0 Å². The van der Waals surface area contributed by atoms with Gasteiger partial charge in [-0.1, -0.05) is 23.0 Å². The van der Waals surface area contributed by atoms with E-state index in [-0.39, 0.29) is 5.91 Å². The Morgan fingerprint density at radius 2 is 1.95 bits per heavy atom. The topological polar surface area (TPSA) is 77.5 Å². The molecule has 7 heteroatoms. The molecule has 1 N–H and O–H groups in total. The molecule has 1 aromatic carbocycles. The van der Waals surface area contributed by atoms with Crippen LogP contribution in [0.4, 0.5) is 5.13 Å². The summed E-state index contributed by atoms with van der Waals surface area (Å²) in [4.78, 5) is 28.5. The summed E-state index contributed by atoms with van der Waals surface area (Å²) in [6.45, 7) is 3.57. The summed E-state index contributed by atoms with van der Waals surface area (Å²) in [6, 6.07) is 5.32. The maximum absolute atomic E-state index is 12.4. The van der Waals surface area contributed by atoms with Crippen LogP contribution in [0.2, 0.25) is 0 Å². The average Bonchev–Trinajstić information content (AvgIpc) is 2.86. The first-order valence-corrected chi connectivity index (χ1v) is 7.29. The first-order chi connectivity index (χ1) is 10.5. The number of methoxy groups -OCH3 is 2. The standard InChI is InChI=1S/C15H16N2O4S/c1-8-5-6-11(20-3)10(7-8)13(18)17-15-16-9(2)12(22-15)14(19)21-4/h5-7H,1-4H3,(H,16,17,18). The summed E-state index contributed by atoms with van der Waals surface area (Å²) in [6.07, 6.45) is 0. The molecule has 2 rings (SSSR count). The zero-order valence-electron chi connectivity index (χ0n) is 12.7. The Hall–Kier alpha value is -2.41. The van der Waals surface area contributed by atoms with E-state index in [4.69, 9.17) is 4.74 Å². The third-order valence-corrected chi connectivity index (χ3v) is 4.04. The summed E-state index contributed by atoms with van der Waals surface area (Å²) in [7, 11) is 2.81. The molecule has 0 saturated carbocycles. The van der Waals surface area contributed by atoms with Crippen LogP contribution in [0.5, 0.6) is 5.75 Å². The predicted octanol–water partition coefficient (Wildman–Crippen LogP) is 2.81. The fourth-order valence-electron chi connectivity index (χ4n) is 1.90. The number of esters is 1. The van der Waals surface area contributed by atoms with Gasteiger partial charge in [0.25, 0.3) is 5.91 Å². The molecule has 116 valence electrons. The van der Waals surface area contributed by atoms with Crippen molar-refractivity contribution >= 4 is 28.3 Å². The number of nitrogens with one attached hydrogen (secondary N) is 1. The number of ether oxygens (including phenoxy) is 2. The summed E-state index contributed by atoms with van der Waals surface area (Å²) >= 11 is 1.07. The minimum absolute atomic E-state index is 0.339. The van der Waals surface area contributed by atoms with Gasteiger partial charge in [0, 0.05) is 0 Å². The largest absolute Gasteiger partial charge is 0.496 e. The summed E-state index contributed by atoms with van der Waals surface area (Å²) < 4.78 is 9.86. The third-order valence-electron chi connectivity index (χ3n) is 2.99. The molecule has 0 atom stereocenters. The van der Waals surface area contributed by atoms with E-state index in [2.05, 4.69) is 15.0 Å². The van der Waals surface area contributed by atoms with Gasteiger partial charge in [-0.25, -0.2) is 9.78 Å². The van der Waals surface area contributed by atoms with Gasteiger partial charge in [-0.3, -0.25) is 10.1 Å². The van der Waals surface area contributed by atoms with Crippen LogP contribution in [-0.2, 0) is 4.74 Å². The lowest BCUT2D eigenvalue weighted by atomic mass is 10.1. The molecule has 0 aliphatic rings. The number of carbonyl (C=O) groups is 2. The number of hydrogen-bond acceptors (Lipinski definition) is 6. The van der Waals surface area contributed by atoms with Crippen molar-refractivity contribution < 1.29 is 19.1 Å². The molecule has 0 spiro atoms. The normalized spacial score (nSPS) is 10.2. The highest BCUT2D eigenvalue weighted by Crippen LogP contribution is 2.25. The van der Waals surface area contributed by atoms with Crippen molar-refractivity contribution in [1.82, 2.24) is 4.98 Å². The molecule has 22 heavy (non-hydrogen) atoms. The maximum atomic E-state index is 12.4. The van der Waals surface area contributed by atoms with E-state index in [0.717, 1.165) is 16.9 Å². The van der Waals surface area contributed by atoms with E-state index in [1.807, 2.05) is 13.0 Å². The van der Waals surface area contributed by atoms with E-state index >= 15 is 0 Å². The lowest BCUT2D eigenvalue weighted by Gasteiger charge is -2.08. The fourth-order valence-corrected chi connectivity index (χ4v) is 2.78. The first kappa shape index (κ1) is 16.0. The van der Waals surface area contributed by atoms with Crippen molar-refractivity contribution in [3.05, 3.63) is 39.9 Å². The second-order valence-corrected chi connectivity index (χ2v) is 5.58. The Morgan fingerprint density at radius 3 is 2.59 bits per heavy atom. The van der Waals surface area contributed by atoms with Crippen LogP contribution in [0.25, 0.3) is 0 Å². The number of carbonyl (C=O) groups excluding carboxylic acids is 2. The molecular formula is C15H16N2O4S. The summed E-state index contributed by atoms with van der Waals surface area (Å²) in [5.74, 6) is -0.334. The Kier molecular flexibility index (Phi) is 4.77. The molecule has 0 bridgehead atoms. The monoisotopic (exact) mass is 320 g/mol. The lowest BCUT2D eigenvalue weighted by Crippen LogP contribution is -2.13. The molecule has 0 unspecified atom stereocenters. The summed E-state index contributed by atoms with van der Waals surface area (Å²) in [5, 5.41) is 3.02. The van der Waals surface area contributed by atoms with Gasteiger partial charge in [0.05, 0.1) is 25.5 Å². The van der Waals surface area contributed by atoms with Gasteiger partial charge in [0.1, 0.15) is 10.6 Å². The number of aryl methyl sites for hydroxylation is 2. The number of benzene rings is 1. The van der Waals surface area contributed by atoms with Crippen molar-refractivity contribution in [3.8, 4) is 5.75 Å². The molecule has 1 aromatic heterocycles. The van der Waals surface area contributed by atoms with Crippen LogP contribution in [0.1, 0.15) is 31.3 Å². The highest BCUT2D eigenvalue weighted by molar-refractivity contribution is 7.17. The van der Waals surface area contributed by atoms with Crippen LogP contribution in [0.15, 0.2) is 18.2 Å².